The fourth-order valence-corrected chi connectivity index (χ4v) is 6.69. The smallest absolute Gasteiger partial charge is 0.0603 e. The van der Waals surface area contributed by atoms with Crippen LogP contribution in [0.2, 0.25) is 0 Å². The summed E-state index contributed by atoms with van der Waals surface area (Å²) in [6.07, 6.45) is 13.3. The van der Waals surface area contributed by atoms with Crippen LogP contribution in [0.3, 0.4) is 0 Å². The van der Waals surface area contributed by atoms with Gasteiger partial charge >= 0.3 is 0 Å². The van der Waals surface area contributed by atoms with Gasteiger partial charge in [0.05, 0.1) is 12.2 Å². The largest absolute Gasteiger partial charge is 0.375 e. The number of piperidine rings is 3. The van der Waals surface area contributed by atoms with Gasteiger partial charge in [0.2, 0.25) is 0 Å². The van der Waals surface area contributed by atoms with Gasteiger partial charge in [0.1, 0.15) is 0 Å². The van der Waals surface area contributed by atoms with Gasteiger partial charge in [-0.25, -0.2) is 0 Å². The van der Waals surface area contributed by atoms with Gasteiger partial charge in [-0.3, -0.25) is 0 Å². The van der Waals surface area contributed by atoms with Gasteiger partial charge in [0, 0.05) is 26.2 Å². The second-order valence-electron chi connectivity index (χ2n) is 11.5. The standard InChI is InChI=1S/C27H51N3O/c1-4-22(3)25-8-14-29(15-9-25)21-24-18-27(19-24)31-26-10-16-30(17-11-26)20-23-6-12-28(5-2)13-7-23/h22-27H,4-21H2,1-3H3. The van der Waals surface area contributed by atoms with Crippen LogP contribution < -0.4 is 0 Å². The number of hydrogen-bond donors (Lipinski definition) is 0. The van der Waals surface area contributed by atoms with Gasteiger partial charge < -0.3 is 19.4 Å². The fraction of sp³-hybridized carbons (Fsp3) is 1.00. The average molecular weight is 434 g/mol. The molecule has 3 heterocycles. The number of hydrogen-bond acceptors (Lipinski definition) is 4. The molecule has 4 aliphatic rings. The Hall–Kier alpha value is -0.160. The van der Waals surface area contributed by atoms with Crippen molar-refractivity contribution >= 4 is 0 Å². The van der Waals surface area contributed by atoms with Crippen LogP contribution in [0.25, 0.3) is 0 Å². The number of ether oxygens (including phenoxy) is 1. The molecule has 4 rings (SSSR count). The lowest BCUT2D eigenvalue weighted by molar-refractivity contribution is -0.0994. The summed E-state index contributed by atoms with van der Waals surface area (Å²) < 4.78 is 6.52. The van der Waals surface area contributed by atoms with E-state index in [1.165, 1.54) is 117 Å². The highest BCUT2D eigenvalue weighted by Gasteiger charge is 2.35. The molecule has 180 valence electrons. The van der Waals surface area contributed by atoms with Crippen LogP contribution in [0.15, 0.2) is 0 Å². The van der Waals surface area contributed by atoms with E-state index in [1.807, 2.05) is 0 Å². The van der Waals surface area contributed by atoms with Crippen molar-refractivity contribution in [3.63, 3.8) is 0 Å². The number of rotatable bonds is 9. The Labute approximate surface area is 193 Å². The van der Waals surface area contributed by atoms with E-state index in [2.05, 4.69) is 35.5 Å². The molecule has 3 aliphatic heterocycles. The third kappa shape index (κ3) is 6.91. The van der Waals surface area contributed by atoms with Gasteiger partial charge in [-0.1, -0.05) is 27.2 Å². The highest BCUT2D eigenvalue weighted by molar-refractivity contribution is 4.87. The van der Waals surface area contributed by atoms with Gasteiger partial charge in [-0.05, 0) is 108 Å². The summed E-state index contributed by atoms with van der Waals surface area (Å²) in [5, 5.41) is 0. The van der Waals surface area contributed by atoms with Crippen molar-refractivity contribution in [1.29, 1.82) is 0 Å². The van der Waals surface area contributed by atoms with Crippen LogP contribution in [0, 0.1) is 23.7 Å². The van der Waals surface area contributed by atoms with E-state index in [1.54, 1.807) is 0 Å². The molecular formula is C27H51N3O. The zero-order chi connectivity index (χ0) is 21.6. The highest BCUT2D eigenvalue weighted by Crippen LogP contribution is 2.35. The van der Waals surface area contributed by atoms with E-state index in [-0.39, 0.29) is 0 Å². The van der Waals surface area contributed by atoms with Crippen LogP contribution in [-0.2, 0) is 4.74 Å². The van der Waals surface area contributed by atoms with Crippen molar-refractivity contribution in [2.45, 2.75) is 90.8 Å². The molecule has 0 spiro atoms. The van der Waals surface area contributed by atoms with E-state index < -0.39 is 0 Å². The van der Waals surface area contributed by atoms with Crippen LogP contribution in [-0.4, -0.2) is 85.8 Å². The van der Waals surface area contributed by atoms with E-state index >= 15 is 0 Å². The highest BCUT2D eigenvalue weighted by atomic mass is 16.5. The van der Waals surface area contributed by atoms with Crippen LogP contribution in [0.1, 0.15) is 78.6 Å². The number of nitrogens with zero attached hydrogens (tertiary/aromatic N) is 3. The zero-order valence-electron chi connectivity index (χ0n) is 20.9. The Bertz CT molecular complexity index is 499. The van der Waals surface area contributed by atoms with Crippen molar-refractivity contribution in [3.8, 4) is 0 Å². The summed E-state index contributed by atoms with van der Waals surface area (Å²) in [7, 11) is 0. The van der Waals surface area contributed by atoms with Gasteiger partial charge in [-0.15, -0.1) is 0 Å². The summed E-state index contributed by atoms with van der Waals surface area (Å²) in [6.45, 7) is 18.9. The summed E-state index contributed by atoms with van der Waals surface area (Å²) in [5.74, 6) is 3.74. The minimum Gasteiger partial charge on any atom is -0.375 e. The molecule has 0 aromatic heterocycles. The van der Waals surface area contributed by atoms with Gasteiger partial charge in [0.25, 0.3) is 0 Å². The first-order valence-corrected chi connectivity index (χ1v) is 13.9. The van der Waals surface area contributed by atoms with Crippen molar-refractivity contribution in [2.75, 3.05) is 58.9 Å². The zero-order valence-corrected chi connectivity index (χ0v) is 20.9. The van der Waals surface area contributed by atoms with Crippen molar-refractivity contribution in [1.82, 2.24) is 14.7 Å². The molecule has 1 aliphatic carbocycles. The molecule has 0 aromatic rings. The molecule has 0 radical (unpaired) electrons. The predicted octanol–water partition coefficient (Wildman–Crippen LogP) is 4.74. The lowest BCUT2D eigenvalue weighted by Gasteiger charge is -2.43. The molecule has 0 N–H and O–H groups in total. The minimum absolute atomic E-state index is 0.537. The normalized spacial score (nSPS) is 32.2. The second kappa shape index (κ2) is 11.8. The maximum atomic E-state index is 6.52. The molecule has 31 heavy (non-hydrogen) atoms. The number of likely N-dealkylation sites (tertiary alicyclic amines) is 3. The van der Waals surface area contributed by atoms with E-state index in [4.69, 9.17) is 4.74 Å². The Kier molecular flexibility index (Phi) is 9.14. The maximum Gasteiger partial charge on any atom is 0.0603 e. The third-order valence-corrected chi connectivity index (χ3v) is 9.38. The SMILES string of the molecule is CCC(C)C1CCN(CC2CC(OC3CCN(CC4CCN(CC)CC4)CC3)C2)CC1. The third-order valence-electron chi connectivity index (χ3n) is 9.38. The molecule has 4 fully saturated rings. The Balaban J connectivity index is 1.04. The maximum absolute atomic E-state index is 6.52. The van der Waals surface area contributed by atoms with Crippen molar-refractivity contribution < 1.29 is 4.74 Å². The lowest BCUT2D eigenvalue weighted by atomic mass is 9.80. The first-order chi connectivity index (χ1) is 15.1. The van der Waals surface area contributed by atoms with Crippen molar-refractivity contribution in [2.24, 2.45) is 23.7 Å². The van der Waals surface area contributed by atoms with Crippen LogP contribution in [0.5, 0.6) is 0 Å². The first-order valence-electron chi connectivity index (χ1n) is 13.9. The molecule has 4 nitrogen and oxygen atoms in total. The van der Waals surface area contributed by atoms with Crippen LogP contribution >= 0.6 is 0 Å². The molecule has 3 saturated heterocycles. The molecule has 0 bridgehead atoms. The van der Waals surface area contributed by atoms with Gasteiger partial charge in [0.15, 0.2) is 0 Å². The molecular weight excluding hydrogens is 382 g/mol. The van der Waals surface area contributed by atoms with Crippen molar-refractivity contribution in [3.05, 3.63) is 0 Å². The molecule has 0 aromatic carbocycles. The molecule has 1 saturated carbocycles. The Morgan fingerprint density at radius 3 is 1.81 bits per heavy atom. The molecule has 4 heteroatoms. The van der Waals surface area contributed by atoms with E-state index in [0.717, 1.165) is 23.7 Å². The summed E-state index contributed by atoms with van der Waals surface area (Å²) in [4.78, 5) is 8.10. The fourth-order valence-electron chi connectivity index (χ4n) is 6.69. The summed E-state index contributed by atoms with van der Waals surface area (Å²) >= 11 is 0. The molecule has 1 unspecified atom stereocenters. The molecule has 1 atom stereocenters. The van der Waals surface area contributed by atoms with E-state index in [0.29, 0.717) is 12.2 Å². The summed E-state index contributed by atoms with van der Waals surface area (Å²) in [5.41, 5.74) is 0. The molecule has 0 amide bonds. The average Bonchev–Trinajstić information content (AvgIpc) is 2.79. The van der Waals surface area contributed by atoms with Crippen LogP contribution in [0.4, 0.5) is 0 Å². The minimum atomic E-state index is 0.537. The Morgan fingerprint density at radius 1 is 0.677 bits per heavy atom. The predicted molar refractivity (Wildman–Crippen MR) is 131 cm³/mol. The van der Waals surface area contributed by atoms with Gasteiger partial charge in [-0.2, -0.15) is 0 Å². The quantitative estimate of drug-likeness (QED) is 0.523. The second-order valence-corrected chi connectivity index (χ2v) is 11.5. The first kappa shape index (κ1) is 24.0. The lowest BCUT2D eigenvalue weighted by Crippen LogP contribution is -2.46. The Morgan fingerprint density at radius 2 is 1.23 bits per heavy atom. The topological polar surface area (TPSA) is 19.0 Å². The van der Waals surface area contributed by atoms with E-state index in [9.17, 15) is 0 Å². The summed E-state index contributed by atoms with van der Waals surface area (Å²) in [6, 6.07) is 0. The monoisotopic (exact) mass is 433 g/mol.